The van der Waals surface area contributed by atoms with Crippen molar-refractivity contribution in [1.29, 1.82) is 0 Å². The van der Waals surface area contributed by atoms with Crippen LogP contribution in [0.3, 0.4) is 0 Å². The Morgan fingerprint density at radius 3 is 2.78 bits per heavy atom. The average molecular weight is 244 g/mol. The number of para-hydroxylation sites is 1. The van der Waals surface area contributed by atoms with Gasteiger partial charge in [0.2, 0.25) is 0 Å². The Morgan fingerprint density at radius 2 is 2.00 bits per heavy atom. The van der Waals surface area contributed by atoms with Crippen molar-refractivity contribution < 1.29 is 0 Å². The van der Waals surface area contributed by atoms with Crippen LogP contribution < -0.4 is 5.32 Å². The second-order valence-corrected chi connectivity index (χ2v) is 5.24. The highest BCUT2D eigenvalue weighted by atomic mass is 14.9. The molecule has 2 unspecified atom stereocenters. The second kappa shape index (κ2) is 6.05. The van der Waals surface area contributed by atoms with E-state index in [0.717, 1.165) is 18.9 Å². The predicted octanol–water partition coefficient (Wildman–Crippen LogP) is 3.73. The molecule has 0 aliphatic heterocycles. The maximum Gasteiger partial charge on any atom is 0.0456 e. The molecule has 0 bridgehead atoms. The number of fused-ring (bicyclic) bond motifs is 1. The van der Waals surface area contributed by atoms with E-state index in [1.54, 1.807) is 0 Å². The SMILES string of the molecule is CCC(C)C(C)NCCc1c[nH]c2ccccc12. The van der Waals surface area contributed by atoms with E-state index in [4.69, 9.17) is 0 Å². The molecule has 2 N–H and O–H groups in total. The van der Waals surface area contributed by atoms with Crippen molar-refractivity contribution in [2.24, 2.45) is 5.92 Å². The lowest BCUT2D eigenvalue weighted by Gasteiger charge is -2.19. The Balaban J connectivity index is 1.91. The second-order valence-electron chi connectivity index (χ2n) is 5.24. The van der Waals surface area contributed by atoms with Gasteiger partial charge in [0.05, 0.1) is 0 Å². The van der Waals surface area contributed by atoms with E-state index in [-0.39, 0.29) is 0 Å². The van der Waals surface area contributed by atoms with Crippen LogP contribution in [0.15, 0.2) is 30.5 Å². The Morgan fingerprint density at radius 1 is 1.22 bits per heavy atom. The highest BCUT2D eigenvalue weighted by molar-refractivity contribution is 5.83. The summed E-state index contributed by atoms with van der Waals surface area (Å²) >= 11 is 0. The van der Waals surface area contributed by atoms with Crippen molar-refractivity contribution in [3.05, 3.63) is 36.0 Å². The molecule has 2 atom stereocenters. The number of aromatic nitrogens is 1. The van der Waals surface area contributed by atoms with E-state index in [1.807, 2.05) is 0 Å². The Kier molecular flexibility index (Phi) is 4.43. The molecule has 1 aromatic carbocycles. The summed E-state index contributed by atoms with van der Waals surface area (Å²) in [6.07, 6.45) is 4.46. The number of nitrogens with one attached hydrogen (secondary N) is 2. The van der Waals surface area contributed by atoms with Crippen molar-refractivity contribution in [1.82, 2.24) is 10.3 Å². The van der Waals surface area contributed by atoms with Gasteiger partial charge in [-0.15, -0.1) is 0 Å². The fourth-order valence-corrected chi connectivity index (χ4v) is 2.33. The molecule has 2 heteroatoms. The first-order chi connectivity index (χ1) is 8.72. The number of rotatable bonds is 6. The molecule has 0 aliphatic carbocycles. The summed E-state index contributed by atoms with van der Waals surface area (Å²) in [7, 11) is 0. The van der Waals surface area contributed by atoms with Crippen molar-refractivity contribution >= 4 is 10.9 Å². The minimum absolute atomic E-state index is 0.597. The summed E-state index contributed by atoms with van der Waals surface area (Å²) < 4.78 is 0. The summed E-state index contributed by atoms with van der Waals surface area (Å²) in [5.41, 5.74) is 2.65. The van der Waals surface area contributed by atoms with Gasteiger partial charge in [-0.25, -0.2) is 0 Å². The van der Waals surface area contributed by atoms with Crippen LogP contribution in [0.25, 0.3) is 10.9 Å². The third kappa shape index (κ3) is 2.94. The molecule has 98 valence electrons. The van der Waals surface area contributed by atoms with E-state index in [9.17, 15) is 0 Å². The number of H-pyrrole nitrogens is 1. The monoisotopic (exact) mass is 244 g/mol. The van der Waals surface area contributed by atoms with E-state index < -0.39 is 0 Å². The Hall–Kier alpha value is -1.28. The third-order valence-electron chi connectivity index (χ3n) is 4.03. The molecule has 0 saturated heterocycles. The molecule has 1 aromatic heterocycles. The predicted molar refractivity (Wildman–Crippen MR) is 78.9 cm³/mol. The first-order valence-corrected chi connectivity index (χ1v) is 7.00. The maximum absolute atomic E-state index is 3.62. The number of aromatic amines is 1. The first kappa shape index (κ1) is 13.2. The maximum atomic E-state index is 3.62. The molecule has 1 heterocycles. The third-order valence-corrected chi connectivity index (χ3v) is 4.03. The summed E-state index contributed by atoms with van der Waals surface area (Å²) in [6, 6.07) is 9.11. The van der Waals surface area contributed by atoms with Gasteiger partial charge < -0.3 is 10.3 Å². The van der Waals surface area contributed by atoms with Crippen molar-refractivity contribution in [2.45, 2.75) is 39.7 Å². The van der Waals surface area contributed by atoms with Crippen LogP contribution >= 0.6 is 0 Å². The standard InChI is InChI=1S/C16H24N2/c1-4-12(2)13(3)17-10-9-14-11-18-16-8-6-5-7-15(14)16/h5-8,11-13,17-18H,4,9-10H2,1-3H3. The molecule has 2 rings (SSSR count). The molecule has 0 fully saturated rings. The molecule has 0 radical (unpaired) electrons. The van der Waals surface area contributed by atoms with Crippen molar-refractivity contribution in [2.75, 3.05) is 6.54 Å². The highest BCUT2D eigenvalue weighted by Gasteiger charge is 2.09. The van der Waals surface area contributed by atoms with E-state index in [0.29, 0.717) is 6.04 Å². The van der Waals surface area contributed by atoms with Gasteiger partial charge in [0.15, 0.2) is 0 Å². The number of hydrogen-bond acceptors (Lipinski definition) is 1. The van der Waals surface area contributed by atoms with E-state index in [2.05, 4.69) is 61.5 Å². The summed E-state index contributed by atoms with van der Waals surface area (Å²) in [6.45, 7) is 7.89. The Labute approximate surface area is 110 Å². The van der Waals surface area contributed by atoms with Crippen LogP contribution in [0.2, 0.25) is 0 Å². The highest BCUT2D eigenvalue weighted by Crippen LogP contribution is 2.17. The van der Waals surface area contributed by atoms with Crippen molar-refractivity contribution in [3.8, 4) is 0 Å². The normalized spacial score (nSPS) is 14.8. The van der Waals surface area contributed by atoms with E-state index >= 15 is 0 Å². The number of benzene rings is 1. The molecule has 2 aromatic rings. The van der Waals surface area contributed by atoms with Gasteiger partial charge in [0.25, 0.3) is 0 Å². The quantitative estimate of drug-likeness (QED) is 0.796. The van der Waals surface area contributed by atoms with Gasteiger partial charge in [0, 0.05) is 23.1 Å². The smallest absolute Gasteiger partial charge is 0.0456 e. The largest absolute Gasteiger partial charge is 0.361 e. The topological polar surface area (TPSA) is 27.8 Å². The average Bonchev–Trinajstić information content (AvgIpc) is 2.81. The molecule has 2 nitrogen and oxygen atoms in total. The van der Waals surface area contributed by atoms with E-state index in [1.165, 1.54) is 22.9 Å². The van der Waals surface area contributed by atoms with Crippen LogP contribution in [-0.2, 0) is 6.42 Å². The molecular weight excluding hydrogens is 220 g/mol. The van der Waals surface area contributed by atoms with Gasteiger partial charge >= 0.3 is 0 Å². The molecule has 0 spiro atoms. The van der Waals surface area contributed by atoms with Crippen LogP contribution in [0.4, 0.5) is 0 Å². The zero-order chi connectivity index (χ0) is 13.0. The van der Waals surface area contributed by atoms with Crippen molar-refractivity contribution in [3.63, 3.8) is 0 Å². The molecular formula is C16H24N2. The summed E-state index contributed by atoms with van der Waals surface area (Å²) in [5, 5.41) is 4.98. The minimum atomic E-state index is 0.597. The lowest BCUT2D eigenvalue weighted by Crippen LogP contribution is -2.33. The van der Waals surface area contributed by atoms with Gasteiger partial charge in [-0.3, -0.25) is 0 Å². The first-order valence-electron chi connectivity index (χ1n) is 7.00. The minimum Gasteiger partial charge on any atom is -0.361 e. The molecule has 0 saturated carbocycles. The summed E-state index contributed by atoms with van der Waals surface area (Å²) in [5.74, 6) is 0.743. The molecule has 18 heavy (non-hydrogen) atoms. The van der Waals surface area contributed by atoms with Crippen LogP contribution in [0, 0.1) is 5.92 Å². The van der Waals surface area contributed by atoms with Crippen LogP contribution in [0.1, 0.15) is 32.8 Å². The van der Waals surface area contributed by atoms with Gasteiger partial charge in [-0.1, -0.05) is 38.5 Å². The van der Waals surface area contributed by atoms with Crippen LogP contribution in [-0.4, -0.2) is 17.6 Å². The lowest BCUT2D eigenvalue weighted by atomic mass is 10.0. The lowest BCUT2D eigenvalue weighted by molar-refractivity contribution is 0.393. The van der Waals surface area contributed by atoms with Gasteiger partial charge in [-0.05, 0) is 37.4 Å². The van der Waals surface area contributed by atoms with Crippen LogP contribution in [0.5, 0.6) is 0 Å². The number of hydrogen-bond donors (Lipinski definition) is 2. The summed E-state index contributed by atoms with van der Waals surface area (Å²) in [4.78, 5) is 3.33. The van der Waals surface area contributed by atoms with Gasteiger partial charge in [-0.2, -0.15) is 0 Å². The molecule has 0 amide bonds. The molecule has 0 aliphatic rings. The zero-order valence-corrected chi connectivity index (χ0v) is 11.7. The fourth-order valence-electron chi connectivity index (χ4n) is 2.33. The zero-order valence-electron chi connectivity index (χ0n) is 11.7. The Bertz CT molecular complexity index is 487. The van der Waals surface area contributed by atoms with Gasteiger partial charge in [0.1, 0.15) is 0 Å². The fraction of sp³-hybridized carbons (Fsp3) is 0.500.